The second kappa shape index (κ2) is 2.88. The molecule has 0 fully saturated rings. The van der Waals surface area contributed by atoms with Gasteiger partial charge >= 0.3 is 0 Å². The van der Waals surface area contributed by atoms with Crippen LogP contribution in [0.1, 0.15) is 12.1 Å². The van der Waals surface area contributed by atoms with Crippen molar-refractivity contribution in [3.05, 3.63) is 27.9 Å². The Morgan fingerprint density at radius 1 is 1.50 bits per heavy atom. The molecular formula is C6H5F3N2O. The molecule has 1 rings (SSSR count). The highest BCUT2D eigenvalue weighted by Gasteiger charge is 2.15. The van der Waals surface area contributed by atoms with Crippen LogP contribution in [0.4, 0.5) is 18.9 Å². The summed E-state index contributed by atoms with van der Waals surface area (Å²) in [7, 11) is 0. The van der Waals surface area contributed by atoms with Gasteiger partial charge in [0.2, 0.25) is 0 Å². The van der Waals surface area contributed by atoms with Crippen LogP contribution >= 0.6 is 0 Å². The molecule has 0 aliphatic carbocycles. The van der Waals surface area contributed by atoms with Gasteiger partial charge in [-0.3, -0.25) is 4.79 Å². The zero-order chi connectivity index (χ0) is 9.30. The van der Waals surface area contributed by atoms with Crippen molar-refractivity contribution in [3.8, 4) is 0 Å². The van der Waals surface area contributed by atoms with E-state index in [9.17, 15) is 18.0 Å². The molecule has 1 heterocycles. The van der Waals surface area contributed by atoms with Crippen molar-refractivity contribution in [2.75, 3.05) is 5.73 Å². The molecular weight excluding hydrogens is 173 g/mol. The fourth-order valence-electron chi connectivity index (χ4n) is 0.693. The van der Waals surface area contributed by atoms with E-state index in [0.29, 0.717) is 6.07 Å². The van der Waals surface area contributed by atoms with Crippen molar-refractivity contribution in [1.29, 1.82) is 0 Å². The van der Waals surface area contributed by atoms with Crippen LogP contribution in [0.2, 0.25) is 0 Å². The number of pyridine rings is 1. The Morgan fingerprint density at radius 2 is 2.08 bits per heavy atom. The quantitative estimate of drug-likeness (QED) is 0.674. The molecule has 3 N–H and O–H groups in total. The van der Waals surface area contributed by atoms with E-state index in [1.807, 2.05) is 0 Å². The fraction of sp³-hybridized carbons (Fsp3) is 0.167. The van der Waals surface area contributed by atoms with E-state index in [1.165, 1.54) is 0 Å². The molecule has 6 heteroatoms. The third kappa shape index (κ3) is 1.41. The Morgan fingerprint density at radius 3 is 2.58 bits per heavy atom. The number of hydrogen-bond acceptors (Lipinski definition) is 2. The number of aromatic amines is 1. The Bertz CT molecular complexity index is 347. The number of rotatable bonds is 1. The maximum Gasteiger partial charge on any atom is 0.281 e. The molecule has 0 unspecified atom stereocenters. The molecule has 1 aromatic rings. The van der Waals surface area contributed by atoms with Gasteiger partial charge in [0.1, 0.15) is 11.4 Å². The number of nitrogens with one attached hydrogen (secondary N) is 1. The molecule has 0 spiro atoms. The average molecular weight is 178 g/mol. The second-order valence-electron chi connectivity index (χ2n) is 2.12. The molecule has 3 nitrogen and oxygen atoms in total. The number of aromatic nitrogens is 1. The summed E-state index contributed by atoms with van der Waals surface area (Å²) in [4.78, 5) is 12.3. The van der Waals surface area contributed by atoms with Crippen molar-refractivity contribution in [1.82, 2.24) is 4.98 Å². The SMILES string of the molecule is Nc1cc(F)c(C(F)F)[nH]c1=O. The van der Waals surface area contributed by atoms with Crippen LogP contribution in [0, 0.1) is 5.82 Å². The van der Waals surface area contributed by atoms with E-state index in [2.05, 4.69) is 0 Å². The van der Waals surface area contributed by atoms with Crippen LogP contribution in [0.15, 0.2) is 10.9 Å². The molecule has 0 amide bonds. The van der Waals surface area contributed by atoms with E-state index in [-0.39, 0.29) is 0 Å². The molecule has 0 atom stereocenters. The molecule has 0 aliphatic rings. The van der Waals surface area contributed by atoms with E-state index in [1.54, 1.807) is 4.98 Å². The van der Waals surface area contributed by atoms with Gasteiger partial charge in [-0.1, -0.05) is 0 Å². The standard InChI is InChI=1S/C6H5F3N2O/c7-2-1-3(10)6(12)11-4(2)5(8)9/h1,5H,10H2,(H,11,12). The van der Waals surface area contributed by atoms with Gasteiger partial charge in [0.25, 0.3) is 12.0 Å². The lowest BCUT2D eigenvalue weighted by molar-refractivity contribution is 0.140. The van der Waals surface area contributed by atoms with Crippen molar-refractivity contribution in [2.24, 2.45) is 0 Å². The van der Waals surface area contributed by atoms with Crippen molar-refractivity contribution < 1.29 is 13.2 Å². The number of nitrogens with two attached hydrogens (primary N) is 1. The predicted octanol–water partition coefficient (Wildman–Crippen LogP) is 1.03. The third-order valence-electron chi connectivity index (χ3n) is 1.27. The molecule has 0 aliphatic heterocycles. The van der Waals surface area contributed by atoms with Crippen LogP contribution in [0.3, 0.4) is 0 Å². The molecule has 0 aromatic carbocycles. The Hall–Kier alpha value is -1.46. The number of alkyl halides is 2. The zero-order valence-electron chi connectivity index (χ0n) is 5.77. The predicted molar refractivity (Wildman–Crippen MR) is 36.4 cm³/mol. The molecule has 0 bridgehead atoms. The van der Waals surface area contributed by atoms with Gasteiger partial charge < -0.3 is 10.7 Å². The maximum atomic E-state index is 12.6. The fourth-order valence-corrected chi connectivity index (χ4v) is 0.693. The Balaban J connectivity index is 3.33. The Labute approximate surface area is 65.0 Å². The third-order valence-corrected chi connectivity index (χ3v) is 1.27. The van der Waals surface area contributed by atoms with Crippen LogP contribution in [0.5, 0.6) is 0 Å². The van der Waals surface area contributed by atoms with Crippen molar-refractivity contribution in [2.45, 2.75) is 6.43 Å². The first kappa shape index (κ1) is 8.63. The van der Waals surface area contributed by atoms with Crippen LogP contribution < -0.4 is 11.3 Å². The molecule has 12 heavy (non-hydrogen) atoms. The van der Waals surface area contributed by atoms with E-state index >= 15 is 0 Å². The first-order valence-corrected chi connectivity index (χ1v) is 2.98. The summed E-state index contributed by atoms with van der Waals surface area (Å²) < 4.78 is 36.3. The lowest BCUT2D eigenvalue weighted by Crippen LogP contribution is -2.15. The van der Waals surface area contributed by atoms with Crippen LogP contribution in [-0.2, 0) is 0 Å². The van der Waals surface area contributed by atoms with E-state index < -0.39 is 29.2 Å². The van der Waals surface area contributed by atoms with Gasteiger partial charge in [0, 0.05) is 6.07 Å². The smallest absolute Gasteiger partial charge is 0.281 e. The number of nitrogen functional groups attached to an aromatic ring is 1. The number of halogens is 3. The van der Waals surface area contributed by atoms with Gasteiger partial charge in [0.15, 0.2) is 5.82 Å². The molecule has 0 radical (unpaired) electrons. The lowest BCUT2D eigenvalue weighted by Gasteiger charge is -2.01. The highest BCUT2D eigenvalue weighted by atomic mass is 19.3. The first-order chi connectivity index (χ1) is 5.52. The summed E-state index contributed by atoms with van der Waals surface area (Å²) in [5, 5.41) is 0. The van der Waals surface area contributed by atoms with Crippen LogP contribution in [-0.4, -0.2) is 4.98 Å². The number of hydrogen-bond donors (Lipinski definition) is 2. The minimum Gasteiger partial charge on any atom is -0.394 e. The minimum absolute atomic E-state index is 0.420. The zero-order valence-corrected chi connectivity index (χ0v) is 5.77. The van der Waals surface area contributed by atoms with Crippen molar-refractivity contribution >= 4 is 5.69 Å². The van der Waals surface area contributed by atoms with Crippen LogP contribution in [0.25, 0.3) is 0 Å². The topological polar surface area (TPSA) is 58.9 Å². The second-order valence-corrected chi connectivity index (χ2v) is 2.12. The lowest BCUT2D eigenvalue weighted by atomic mass is 10.3. The molecule has 66 valence electrons. The van der Waals surface area contributed by atoms with Gasteiger partial charge in [-0.25, -0.2) is 13.2 Å². The largest absolute Gasteiger partial charge is 0.394 e. The van der Waals surface area contributed by atoms with Crippen molar-refractivity contribution in [3.63, 3.8) is 0 Å². The highest BCUT2D eigenvalue weighted by molar-refractivity contribution is 5.35. The Kier molecular flexibility index (Phi) is 2.07. The van der Waals surface area contributed by atoms with E-state index in [4.69, 9.17) is 5.73 Å². The monoisotopic (exact) mass is 178 g/mol. The molecule has 0 saturated heterocycles. The minimum atomic E-state index is -3.04. The van der Waals surface area contributed by atoms with E-state index in [0.717, 1.165) is 0 Å². The maximum absolute atomic E-state index is 12.6. The summed E-state index contributed by atoms with van der Waals surface area (Å²) in [5.74, 6) is -1.21. The van der Waals surface area contributed by atoms with Gasteiger partial charge in [-0.15, -0.1) is 0 Å². The van der Waals surface area contributed by atoms with Gasteiger partial charge in [0.05, 0.1) is 0 Å². The van der Waals surface area contributed by atoms with Gasteiger partial charge in [-0.05, 0) is 0 Å². The highest BCUT2D eigenvalue weighted by Crippen LogP contribution is 2.18. The summed E-state index contributed by atoms with van der Waals surface area (Å²) in [5.41, 5.74) is 2.60. The molecule has 0 saturated carbocycles. The summed E-state index contributed by atoms with van der Waals surface area (Å²) >= 11 is 0. The summed E-state index contributed by atoms with van der Waals surface area (Å²) in [6.07, 6.45) is -3.04. The first-order valence-electron chi connectivity index (χ1n) is 2.98. The summed E-state index contributed by atoms with van der Waals surface area (Å²) in [6, 6.07) is 0.570. The number of anilines is 1. The summed E-state index contributed by atoms with van der Waals surface area (Å²) in [6.45, 7) is 0. The van der Waals surface area contributed by atoms with Gasteiger partial charge in [-0.2, -0.15) is 0 Å². The number of H-pyrrole nitrogens is 1. The normalized spacial score (nSPS) is 10.7. The average Bonchev–Trinajstić information content (AvgIpc) is 1.96. The molecule has 1 aromatic heterocycles.